The van der Waals surface area contributed by atoms with Gasteiger partial charge in [0.25, 0.3) is 0 Å². The summed E-state index contributed by atoms with van der Waals surface area (Å²) in [5, 5.41) is 39.9. The van der Waals surface area contributed by atoms with Crippen molar-refractivity contribution in [3.8, 4) is 11.5 Å². The monoisotopic (exact) mass is 418 g/mol. The first-order valence-corrected chi connectivity index (χ1v) is 11.1. The summed E-state index contributed by atoms with van der Waals surface area (Å²) in [6.07, 6.45) is 6.69. The smallest absolute Gasteiger partial charge is 0.137 e. The van der Waals surface area contributed by atoms with Gasteiger partial charge in [0.2, 0.25) is 0 Å². The molecule has 2 saturated carbocycles. The number of carbonyl (C=O) groups excluding carboxylic acids is 1. The van der Waals surface area contributed by atoms with E-state index in [9.17, 15) is 15.0 Å². The molecule has 0 bridgehead atoms. The van der Waals surface area contributed by atoms with Crippen molar-refractivity contribution in [1.29, 1.82) is 10.8 Å². The number of phenolic OH excluding ortho intramolecular Hbond substituents is 2. The number of benzene rings is 2. The van der Waals surface area contributed by atoms with Crippen molar-refractivity contribution in [1.82, 2.24) is 0 Å². The van der Waals surface area contributed by atoms with Crippen LogP contribution >= 0.6 is 0 Å². The second kappa shape index (κ2) is 7.63. The lowest BCUT2D eigenvalue weighted by Crippen LogP contribution is -2.41. The third-order valence-electron chi connectivity index (χ3n) is 7.40. The van der Waals surface area contributed by atoms with E-state index in [-0.39, 0.29) is 45.7 Å². The van der Waals surface area contributed by atoms with Crippen molar-refractivity contribution < 1.29 is 19.7 Å². The van der Waals surface area contributed by atoms with E-state index in [0.29, 0.717) is 16.7 Å². The maximum Gasteiger partial charge on any atom is 0.137 e. The van der Waals surface area contributed by atoms with Crippen LogP contribution in [0.2, 0.25) is 0 Å². The Balaban J connectivity index is 1.53. The van der Waals surface area contributed by atoms with Gasteiger partial charge < -0.3 is 20.4 Å². The van der Waals surface area contributed by atoms with Crippen LogP contribution in [0.15, 0.2) is 29.8 Å². The van der Waals surface area contributed by atoms with Gasteiger partial charge >= 0.3 is 0 Å². The highest BCUT2D eigenvalue weighted by atomic mass is 16.5. The molecule has 6 heteroatoms. The molecule has 0 spiro atoms. The van der Waals surface area contributed by atoms with E-state index in [1.807, 2.05) is 0 Å². The second-order valence-corrected chi connectivity index (χ2v) is 9.05. The van der Waals surface area contributed by atoms with Crippen molar-refractivity contribution in [3.63, 3.8) is 0 Å². The summed E-state index contributed by atoms with van der Waals surface area (Å²) >= 11 is 0. The molecule has 0 saturated heterocycles. The standard InChI is InChI=1S/C25H26N2O4/c26-21-18(12-28)25(31-15-10-9-13-5-1-2-6-14(13)11-15)22(27)20-19(21)23(29)16-7-3-4-8-17(16)24(20)30/h3-4,7-8,13-15,25-27,29-30H,1-2,5-6,9-11H2. The number of phenols is 2. The number of hydrogen-bond acceptors (Lipinski definition) is 6. The predicted octanol–water partition coefficient (Wildman–Crippen LogP) is 4.50. The zero-order valence-electron chi connectivity index (χ0n) is 17.3. The van der Waals surface area contributed by atoms with Crippen LogP contribution in [0, 0.1) is 22.7 Å². The Hall–Kier alpha value is -2.95. The minimum Gasteiger partial charge on any atom is -0.507 e. The molecule has 0 heterocycles. The number of rotatable bonds is 2. The second-order valence-electron chi connectivity index (χ2n) is 9.05. The van der Waals surface area contributed by atoms with Crippen LogP contribution in [0.3, 0.4) is 0 Å². The zero-order valence-corrected chi connectivity index (χ0v) is 17.3. The van der Waals surface area contributed by atoms with E-state index in [1.54, 1.807) is 30.2 Å². The lowest BCUT2D eigenvalue weighted by Gasteiger charge is -2.41. The van der Waals surface area contributed by atoms with Crippen molar-refractivity contribution in [2.45, 2.75) is 57.2 Å². The molecular formula is C25H26N2O4. The van der Waals surface area contributed by atoms with E-state index < -0.39 is 6.10 Å². The van der Waals surface area contributed by atoms with Crippen LogP contribution in [0.25, 0.3) is 10.8 Å². The molecule has 2 aromatic rings. The van der Waals surface area contributed by atoms with Gasteiger partial charge in [0, 0.05) is 10.8 Å². The highest BCUT2D eigenvalue weighted by Crippen LogP contribution is 2.46. The molecule has 0 aliphatic heterocycles. The Morgan fingerprint density at radius 1 is 0.903 bits per heavy atom. The first-order chi connectivity index (χ1) is 15.0. The van der Waals surface area contributed by atoms with E-state index in [1.165, 1.54) is 25.7 Å². The first-order valence-electron chi connectivity index (χ1n) is 11.1. The number of fused-ring (bicyclic) bond motifs is 3. The van der Waals surface area contributed by atoms with Gasteiger partial charge in [-0.15, -0.1) is 0 Å². The van der Waals surface area contributed by atoms with Crippen LogP contribution in [0.1, 0.15) is 56.1 Å². The average Bonchev–Trinajstić information content (AvgIpc) is 2.79. The molecule has 0 amide bonds. The minimum absolute atomic E-state index is 0.00427. The van der Waals surface area contributed by atoms with Crippen LogP contribution in [0.4, 0.5) is 0 Å². The van der Waals surface area contributed by atoms with Gasteiger partial charge in [0.05, 0.1) is 34.2 Å². The molecule has 3 aliphatic rings. The Morgan fingerprint density at radius 2 is 1.55 bits per heavy atom. The van der Waals surface area contributed by atoms with Crippen LogP contribution in [-0.2, 0) is 9.53 Å². The molecule has 5 rings (SSSR count). The summed E-state index contributed by atoms with van der Waals surface area (Å²) in [6.45, 7) is 0. The van der Waals surface area contributed by atoms with E-state index in [4.69, 9.17) is 15.6 Å². The fraction of sp³-hybridized carbons (Fsp3) is 0.440. The lowest BCUT2D eigenvalue weighted by atomic mass is 9.70. The van der Waals surface area contributed by atoms with Gasteiger partial charge in [0.1, 0.15) is 23.5 Å². The average molecular weight is 418 g/mol. The molecule has 4 unspecified atom stereocenters. The van der Waals surface area contributed by atoms with E-state index >= 15 is 0 Å². The van der Waals surface area contributed by atoms with E-state index in [0.717, 1.165) is 25.2 Å². The maximum atomic E-state index is 11.8. The molecular weight excluding hydrogens is 392 g/mol. The predicted molar refractivity (Wildman–Crippen MR) is 118 cm³/mol. The highest BCUT2D eigenvalue weighted by molar-refractivity contribution is 6.32. The first kappa shape index (κ1) is 20.0. The molecule has 160 valence electrons. The third kappa shape index (κ3) is 3.10. The fourth-order valence-electron chi connectivity index (χ4n) is 5.84. The highest BCUT2D eigenvalue weighted by Gasteiger charge is 2.42. The maximum absolute atomic E-state index is 11.8. The summed E-state index contributed by atoms with van der Waals surface area (Å²) < 4.78 is 6.27. The molecule has 0 aromatic heterocycles. The van der Waals surface area contributed by atoms with Gasteiger partial charge in [-0.1, -0.05) is 49.9 Å². The van der Waals surface area contributed by atoms with Gasteiger partial charge in [0.15, 0.2) is 0 Å². The van der Waals surface area contributed by atoms with Crippen molar-refractivity contribution >= 4 is 28.1 Å². The lowest BCUT2D eigenvalue weighted by molar-refractivity contribution is -0.0197. The molecule has 3 aliphatic carbocycles. The minimum atomic E-state index is -1.06. The van der Waals surface area contributed by atoms with Crippen LogP contribution in [-0.4, -0.2) is 39.8 Å². The molecule has 2 aromatic carbocycles. The van der Waals surface area contributed by atoms with Gasteiger partial charge in [-0.2, -0.15) is 0 Å². The van der Waals surface area contributed by atoms with Gasteiger partial charge in [-0.05, 0) is 31.1 Å². The molecule has 2 fully saturated rings. The summed E-state index contributed by atoms with van der Waals surface area (Å²) in [4.78, 5) is 11.8. The van der Waals surface area contributed by atoms with Crippen LogP contribution < -0.4 is 0 Å². The quantitative estimate of drug-likeness (QED) is 0.424. The Kier molecular flexibility index (Phi) is 4.92. The molecule has 4 atom stereocenters. The fourth-order valence-corrected chi connectivity index (χ4v) is 5.84. The number of nitrogens with one attached hydrogen (secondary N) is 2. The summed E-state index contributed by atoms with van der Waals surface area (Å²) in [7, 11) is 0. The third-order valence-corrected chi connectivity index (χ3v) is 7.40. The van der Waals surface area contributed by atoms with E-state index in [2.05, 4.69) is 0 Å². The topological polar surface area (TPSA) is 114 Å². The Bertz CT molecular complexity index is 1150. The molecule has 4 N–H and O–H groups in total. The number of aromatic hydroxyl groups is 2. The summed E-state index contributed by atoms with van der Waals surface area (Å²) in [5.41, 5.74) is -0.371. The Morgan fingerprint density at radius 3 is 2.23 bits per heavy atom. The summed E-state index contributed by atoms with van der Waals surface area (Å²) in [6, 6.07) is 6.75. The Labute approximate surface area is 180 Å². The van der Waals surface area contributed by atoms with Crippen molar-refractivity contribution in [3.05, 3.63) is 41.0 Å². The van der Waals surface area contributed by atoms with Gasteiger partial charge in [-0.25, -0.2) is 4.79 Å². The normalized spacial score (nSPS) is 28.2. The number of hydrogen-bond donors (Lipinski definition) is 4. The van der Waals surface area contributed by atoms with Crippen molar-refractivity contribution in [2.24, 2.45) is 11.8 Å². The zero-order chi connectivity index (χ0) is 21.7. The summed E-state index contributed by atoms with van der Waals surface area (Å²) in [5.74, 6) is 2.77. The molecule has 6 nitrogen and oxygen atoms in total. The molecule has 31 heavy (non-hydrogen) atoms. The SMILES string of the molecule is N=C1C(=C=O)C(OC2CCC3CCCCC3C2)C(=N)c2c1c(O)c1ccccc1c2O. The molecule has 0 radical (unpaired) electrons. The largest absolute Gasteiger partial charge is 0.507 e. The van der Waals surface area contributed by atoms with Crippen LogP contribution in [0.5, 0.6) is 11.5 Å². The van der Waals surface area contributed by atoms with Gasteiger partial charge in [-0.3, -0.25) is 5.41 Å². The van der Waals surface area contributed by atoms with Crippen molar-refractivity contribution in [2.75, 3.05) is 0 Å². The number of ether oxygens (including phenoxy) is 1.